The second kappa shape index (κ2) is 5.14. The Morgan fingerprint density at radius 2 is 2.00 bits per heavy atom. The molecule has 2 aromatic rings. The molecule has 19 heavy (non-hydrogen) atoms. The number of carbonyl (C=O) groups excluding carboxylic acids is 1. The molecule has 1 aromatic heterocycles. The molecule has 0 bridgehead atoms. The lowest BCUT2D eigenvalue weighted by Gasteiger charge is -2.08. The van der Waals surface area contributed by atoms with E-state index >= 15 is 0 Å². The largest absolute Gasteiger partial charge is 0.497 e. The lowest BCUT2D eigenvalue weighted by atomic mass is 10.0. The third kappa shape index (κ3) is 2.59. The van der Waals surface area contributed by atoms with Gasteiger partial charge < -0.3 is 13.9 Å². The zero-order valence-corrected chi connectivity index (χ0v) is 11.0. The van der Waals surface area contributed by atoms with E-state index < -0.39 is 5.97 Å². The first kappa shape index (κ1) is 13.1. The minimum atomic E-state index is -0.422. The summed E-state index contributed by atoms with van der Waals surface area (Å²) in [5, 5.41) is 0.386. The first-order valence-corrected chi connectivity index (χ1v) is 5.73. The molecule has 1 aromatic carbocycles. The minimum absolute atomic E-state index is 0.00196. The summed E-state index contributed by atoms with van der Waals surface area (Å²) < 4.78 is 15.3. The molecule has 0 spiro atoms. The number of ether oxygens (including phenoxy) is 2. The highest BCUT2D eigenvalue weighted by Crippen LogP contribution is 2.24. The van der Waals surface area contributed by atoms with Gasteiger partial charge in [0.2, 0.25) is 0 Å². The van der Waals surface area contributed by atoms with Gasteiger partial charge in [-0.25, -0.2) is 0 Å². The summed E-state index contributed by atoms with van der Waals surface area (Å²) in [5.41, 5.74) is 0.763. The van der Waals surface area contributed by atoms with Gasteiger partial charge in [0.1, 0.15) is 17.1 Å². The van der Waals surface area contributed by atoms with Gasteiger partial charge in [-0.05, 0) is 18.6 Å². The quantitative estimate of drug-likeness (QED) is 0.789. The maximum atomic E-state index is 12.0. The van der Waals surface area contributed by atoms with Crippen LogP contribution in [0.15, 0.2) is 27.4 Å². The lowest BCUT2D eigenvalue weighted by Crippen LogP contribution is -2.10. The van der Waals surface area contributed by atoms with Crippen molar-refractivity contribution in [2.24, 2.45) is 0 Å². The number of fused-ring (bicyclic) bond motifs is 1. The van der Waals surface area contributed by atoms with Gasteiger partial charge in [0.15, 0.2) is 5.43 Å². The summed E-state index contributed by atoms with van der Waals surface area (Å²) in [4.78, 5) is 23.4. The third-order valence-electron chi connectivity index (χ3n) is 2.81. The van der Waals surface area contributed by atoms with Gasteiger partial charge in [0, 0.05) is 12.1 Å². The number of hydrogen-bond donors (Lipinski definition) is 0. The Morgan fingerprint density at radius 3 is 2.63 bits per heavy atom. The number of rotatable bonds is 3. The molecule has 0 atom stereocenters. The second-order valence-corrected chi connectivity index (χ2v) is 4.13. The van der Waals surface area contributed by atoms with Crippen molar-refractivity contribution in [2.45, 2.75) is 13.3 Å². The molecule has 0 saturated heterocycles. The van der Waals surface area contributed by atoms with E-state index in [1.807, 2.05) is 0 Å². The number of carbonyl (C=O) groups is 1. The molecule has 0 fully saturated rings. The van der Waals surface area contributed by atoms with E-state index in [0.29, 0.717) is 28.0 Å². The standard InChI is InChI=1S/C14H14O5/c1-8-4-11(15)14-9(6-13(16)18-3)5-10(17-2)7-12(14)19-8/h4-5,7H,6H2,1-3H3. The monoisotopic (exact) mass is 262 g/mol. The van der Waals surface area contributed by atoms with E-state index in [2.05, 4.69) is 4.74 Å². The van der Waals surface area contributed by atoms with E-state index in [1.165, 1.54) is 20.3 Å². The molecule has 100 valence electrons. The molecule has 0 radical (unpaired) electrons. The van der Waals surface area contributed by atoms with Crippen molar-refractivity contribution in [3.63, 3.8) is 0 Å². The van der Waals surface area contributed by atoms with Crippen LogP contribution in [0.1, 0.15) is 11.3 Å². The van der Waals surface area contributed by atoms with Crippen LogP contribution in [-0.2, 0) is 16.0 Å². The maximum absolute atomic E-state index is 12.0. The predicted molar refractivity (Wildman–Crippen MR) is 69.5 cm³/mol. The Kier molecular flexibility index (Phi) is 3.55. The Labute approximate surface area is 109 Å². The molecule has 2 rings (SSSR count). The van der Waals surface area contributed by atoms with Crippen molar-refractivity contribution in [3.8, 4) is 5.75 Å². The first-order chi connectivity index (χ1) is 9.05. The Morgan fingerprint density at radius 1 is 1.26 bits per heavy atom. The lowest BCUT2D eigenvalue weighted by molar-refractivity contribution is -0.139. The fourth-order valence-electron chi connectivity index (χ4n) is 1.95. The summed E-state index contributed by atoms with van der Waals surface area (Å²) in [6, 6.07) is 4.67. The number of methoxy groups -OCH3 is 2. The minimum Gasteiger partial charge on any atom is -0.497 e. The van der Waals surface area contributed by atoms with Crippen LogP contribution in [0.2, 0.25) is 0 Å². The molecule has 0 aliphatic rings. The fraction of sp³-hybridized carbons (Fsp3) is 0.286. The summed E-state index contributed by atoms with van der Waals surface area (Å²) in [6.07, 6.45) is -0.00196. The molecule has 5 heteroatoms. The van der Waals surface area contributed by atoms with Gasteiger partial charge in [0.25, 0.3) is 0 Å². The average Bonchev–Trinajstić information content (AvgIpc) is 2.37. The second-order valence-electron chi connectivity index (χ2n) is 4.13. The van der Waals surface area contributed by atoms with Crippen molar-refractivity contribution in [1.82, 2.24) is 0 Å². The first-order valence-electron chi connectivity index (χ1n) is 5.73. The molecule has 0 N–H and O–H groups in total. The van der Waals surface area contributed by atoms with Gasteiger partial charge >= 0.3 is 5.97 Å². The highest BCUT2D eigenvalue weighted by molar-refractivity contribution is 5.86. The van der Waals surface area contributed by atoms with Gasteiger partial charge in [-0.2, -0.15) is 0 Å². The van der Waals surface area contributed by atoms with E-state index in [1.54, 1.807) is 19.1 Å². The molecule has 5 nitrogen and oxygen atoms in total. The van der Waals surface area contributed by atoms with E-state index in [4.69, 9.17) is 9.15 Å². The Balaban J connectivity index is 2.72. The fourth-order valence-corrected chi connectivity index (χ4v) is 1.95. The van der Waals surface area contributed by atoms with Crippen LogP contribution in [0.25, 0.3) is 11.0 Å². The van der Waals surface area contributed by atoms with Crippen molar-refractivity contribution in [3.05, 3.63) is 39.7 Å². The summed E-state index contributed by atoms with van der Waals surface area (Å²) >= 11 is 0. The molecule has 0 unspecified atom stereocenters. The summed E-state index contributed by atoms with van der Waals surface area (Å²) in [6.45, 7) is 1.69. The summed E-state index contributed by atoms with van der Waals surface area (Å²) in [7, 11) is 2.81. The van der Waals surface area contributed by atoms with Gasteiger partial charge in [-0.3, -0.25) is 9.59 Å². The number of esters is 1. The van der Waals surface area contributed by atoms with Crippen LogP contribution < -0.4 is 10.2 Å². The van der Waals surface area contributed by atoms with E-state index in [0.717, 1.165) is 0 Å². The Hall–Kier alpha value is -2.30. The highest BCUT2D eigenvalue weighted by Gasteiger charge is 2.14. The molecule has 0 aliphatic carbocycles. The average molecular weight is 262 g/mol. The van der Waals surface area contributed by atoms with E-state index in [-0.39, 0.29) is 11.8 Å². The number of hydrogen-bond acceptors (Lipinski definition) is 5. The van der Waals surface area contributed by atoms with Crippen molar-refractivity contribution in [2.75, 3.05) is 14.2 Å². The Bertz CT molecular complexity index is 684. The predicted octanol–water partition coefficient (Wildman–Crippen LogP) is 1.83. The van der Waals surface area contributed by atoms with Crippen LogP contribution in [0.3, 0.4) is 0 Å². The molecule has 1 heterocycles. The molecular weight excluding hydrogens is 248 g/mol. The van der Waals surface area contributed by atoms with Crippen LogP contribution >= 0.6 is 0 Å². The topological polar surface area (TPSA) is 65.7 Å². The molecule has 0 amide bonds. The van der Waals surface area contributed by atoms with Crippen molar-refractivity contribution < 1.29 is 18.7 Å². The zero-order chi connectivity index (χ0) is 14.0. The van der Waals surface area contributed by atoms with Gasteiger partial charge in [-0.1, -0.05) is 0 Å². The van der Waals surface area contributed by atoms with Gasteiger partial charge in [0.05, 0.1) is 26.0 Å². The zero-order valence-electron chi connectivity index (χ0n) is 11.0. The molecular formula is C14H14O5. The van der Waals surface area contributed by atoms with E-state index in [9.17, 15) is 9.59 Å². The highest BCUT2D eigenvalue weighted by atomic mass is 16.5. The van der Waals surface area contributed by atoms with Crippen LogP contribution in [0.4, 0.5) is 0 Å². The van der Waals surface area contributed by atoms with Crippen LogP contribution in [0.5, 0.6) is 5.75 Å². The summed E-state index contributed by atoms with van der Waals surface area (Å²) in [5.74, 6) is 0.615. The number of aryl methyl sites for hydroxylation is 1. The van der Waals surface area contributed by atoms with Gasteiger partial charge in [-0.15, -0.1) is 0 Å². The SMILES string of the molecule is COC(=O)Cc1cc(OC)cc2oc(C)cc(=O)c12. The van der Waals surface area contributed by atoms with Crippen LogP contribution in [-0.4, -0.2) is 20.2 Å². The van der Waals surface area contributed by atoms with Crippen LogP contribution in [0, 0.1) is 6.92 Å². The van der Waals surface area contributed by atoms with Crippen molar-refractivity contribution in [1.29, 1.82) is 0 Å². The molecule has 0 aliphatic heterocycles. The third-order valence-corrected chi connectivity index (χ3v) is 2.81. The normalized spacial score (nSPS) is 10.5. The smallest absolute Gasteiger partial charge is 0.310 e. The maximum Gasteiger partial charge on any atom is 0.310 e. The number of benzene rings is 1. The molecule has 0 saturated carbocycles. The van der Waals surface area contributed by atoms with Crippen molar-refractivity contribution >= 4 is 16.9 Å².